The maximum Gasteiger partial charge on any atom is 0.338 e. The summed E-state index contributed by atoms with van der Waals surface area (Å²) >= 11 is 1.41. The van der Waals surface area contributed by atoms with E-state index in [2.05, 4.69) is 45.8 Å². The van der Waals surface area contributed by atoms with Gasteiger partial charge < -0.3 is 19.9 Å². The van der Waals surface area contributed by atoms with Crippen LogP contribution in [0, 0.1) is 6.92 Å². The minimum Gasteiger partial charge on any atom is -0.462 e. The summed E-state index contributed by atoms with van der Waals surface area (Å²) in [5, 5.41) is 3.81. The van der Waals surface area contributed by atoms with Gasteiger partial charge in [0, 0.05) is 49.3 Å². The van der Waals surface area contributed by atoms with Crippen molar-refractivity contribution < 1.29 is 14.3 Å². The van der Waals surface area contributed by atoms with Crippen LogP contribution < -0.4 is 10.2 Å². The molecule has 2 amide bonds. The first-order valence-electron chi connectivity index (χ1n) is 11.4. The fourth-order valence-electron chi connectivity index (χ4n) is 3.87. The molecule has 1 aliphatic rings. The van der Waals surface area contributed by atoms with Crippen LogP contribution in [-0.4, -0.2) is 58.5 Å². The molecule has 0 spiro atoms. The second kappa shape index (κ2) is 10.6. The van der Waals surface area contributed by atoms with Gasteiger partial charge >= 0.3 is 12.0 Å². The van der Waals surface area contributed by atoms with Gasteiger partial charge in [0.1, 0.15) is 5.82 Å². The highest BCUT2D eigenvalue weighted by atomic mass is 32.1. The maximum atomic E-state index is 12.9. The van der Waals surface area contributed by atoms with E-state index < -0.39 is 0 Å². The monoisotopic (exact) mass is 479 g/mol. The van der Waals surface area contributed by atoms with Crippen molar-refractivity contribution in [1.29, 1.82) is 0 Å². The van der Waals surface area contributed by atoms with E-state index in [0.29, 0.717) is 43.9 Å². The van der Waals surface area contributed by atoms with Gasteiger partial charge in [-0.3, -0.25) is 0 Å². The molecule has 1 saturated heterocycles. The lowest BCUT2D eigenvalue weighted by molar-refractivity contribution is 0.0526. The summed E-state index contributed by atoms with van der Waals surface area (Å²) < 4.78 is 9.53. The van der Waals surface area contributed by atoms with Crippen LogP contribution in [0.5, 0.6) is 0 Å². The Morgan fingerprint density at radius 1 is 1.12 bits per heavy atom. The highest BCUT2D eigenvalue weighted by molar-refractivity contribution is 7.09. The van der Waals surface area contributed by atoms with Gasteiger partial charge in [0.05, 0.1) is 12.2 Å². The number of nitrogens with one attached hydrogen (secondary N) is 1. The lowest BCUT2D eigenvalue weighted by atomic mass is 10.1. The zero-order valence-electron chi connectivity index (χ0n) is 19.7. The summed E-state index contributed by atoms with van der Waals surface area (Å²) in [7, 11) is 0. The summed E-state index contributed by atoms with van der Waals surface area (Å²) in [6, 6.07) is 15.0. The number of urea groups is 1. The molecule has 1 N–H and O–H groups in total. The molecular formula is C25H29N5O3S. The first-order chi connectivity index (χ1) is 16.4. The summed E-state index contributed by atoms with van der Waals surface area (Å²) in [5.74, 6) is 0.451. The van der Waals surface area contributed by atoms with Crippen LogP contribution in [0.2, 0.25) is 0 Å². The number of esters is 1. The molecule has 0 aliphatic carbocycles. The van der Waals surface area contributed by atoms with E-state index in [1.807, 2.05) is 11.8 Å². The van der Waals surface area contributed by atoms with E-state index in [4.69, 9.17) is 9.72 Å². The van der Waals surface area contributed by atoms with Crippen LogP contribution in [-0.2, 0) is 11.2 Å². The lowest BCUT2D eigenvalue weighted by Gasteiger charge is -2.39. The number of benzene rings is 2. The van der Waals surface area contributed by atoms with Crippen molar-refractivity contribution in [1.82, 2.24) is 14.3 Å². The molecule has 0 saturated carbocycles. The predicted molar refractivity (Wildman–Crippen MR) is 134 cm³/mol. The fraction of sp³-hybridized carbons (Fsp3) is 0.360. The fourth-order valence-corrected chi connectivity index (χ4v) is 4.59. The molecule has 0 bridgehead atoms. The predicted octanol–water partition coefficient (Wildman–Crippen LogP) is 4.36. The van der Waals surface area contributed by atoms with Crippen LogP contribution in [0.4, 0.5) is 15.6 Å². The highest BCUT2D eigenvalue weighted by Crippen LogP contribution is 2.23. The van der Waals surface area contributed by atoms with Crippen LogP contribution in [0.3, 0.4) is 0 Å². The van der Waals surface area contributed by atoms with Gasteiger partial charge in [-0.2, -0.15) is 4.37 Å². The largest absolute Gasteiger partial charge is 0.462 e. The maximum absolute atomic E-state index is 12.9. The SMILES string of the molecule is CCOC(=O)c1ccc(NC(=O)N2CCN(c3nc(Cc4ccc(C)cc4)ns3)CC2C)cc1. The molecule has 4 rings (SSSR count). The quantitative estimate of drug-likeness (QED) is 0.529. The molecule has 178 valence electrons. The number of amides is 2. The molecule has 8 nitrogen and oxygen atoms in total. The third-order valence-electron chi connectivity index (χ3n) is 5.75. The normalized spacial score (nSPS) is 15.8. The Morgan fingerprint density at radius 3 is 2.53 bits per heavy atom. The van der Waals surface area contributed by atoms with Crippen LogP contribution in [0.1, 0.15) is 41.2 Å². The Hall–Kier alpha value is -3.46. The lowest BCUT2D eigenvalue weighted by Crippen LogP contribution is -2.55. The number of ether oxygens (including phenoxy) is 1. The second-order valence-electron chi connectivity index (χ2n) is 8.37. The number of hydrogen-bond donors (Lipinski definition) is 1. The standard InChI is InChI=1S/C25H29N5O3S/c1-4-33-23(31)20-9-11-21(12-10-20)26-24(32)30-14-13-29(16-18(30)3)25-27-22(28-34-25)15-19-7-5-17(2)6-8-19/h5-12,18H,4,13-16H2,1-3H3,(H,26,32). The molecular weight excluding hydrogens is 450 g/mol. The number of hydrogen-bond acceptors (Lipinski definition) is 7. The van der Waals surface area contributed by atoms with Gasteiger partial charge in [0.25, 0.3) is 0 Å². The summed E-state index contributed by atoms with van der Waals surface area (Å²) in [4.78, 5) is 33.4. The molecule has 1 aromatic heterocycles. The molecule has 34 heavy (non-hydrogen) atoms. The minimum absolute atomic E-state index is 0.0111. The number of carbonyl (C=O) groups excluding carboxylic acids is 2. The van der Waals surface area contributed by atoms with Crippen LogP contribution in [0.15, 0.2) is 48.5 Å². The Labute approximate surface area is 203 Å². The summed E-state index contributed by atoms with van der Waals surface area (Å²) in [6.45, 7) is 8.17. The van der Waals surface area contributed by atoms with Gasteiger partial charge in [-0.15, -0.1) is 0 Å². The second-order valence-corrected chi connectivity index (χ2v) is 9.10. The molecule has 1 aliphatic heterocycles. The van der Waals surface area contributed by atoms with Crippen molar-refractivity contribution in [3.8, 4) is 0 Å². The zero-order chi connectivity index (χ0) is 24.1. The smallest absolute Gasteiger partial charge is 0.338 e. The number of carbonyl (C=O) groups is 2. The van der Waals surface area contributed by atoms with Crippen molar-refractivity contribution in [2.45, 2.75) is 33.2 Å². The van der Waals surface area contributed by atoms with Gasteiger partial charge in [-0.25, -0.2) is 14.6 Å². The zero-order valence-corrected chi connectivity index (χ0v) is 20.5. The van der Waals surface area contributed by atoms with Crippen molar-refractivity contribution in [2.24, 2.45) is 0 Å². The van der Waals surface area contributed by atoms with Gasteiger partial charge in [-0.1, -0.05) is 29.8 Å². The Bertz CT molecular complexity index is 1130. The van der Waals surface area contributed by atoms with E-state index in [9.17, 15) is 9.59 Å². The molecule has 2 heterocycles. The molecule has 2 aromatic carbocycles. The van der Waals surface area contributed by atoms with Gasteiger partial charge in [-0.05, 0) is 50.6 Å². The number of piperazine rings is 1. The van der Waals surface area contributed by atoms with Gasteiger partial charge in [0.2, 0.25) is 5.13 Å². The average Bonchev–Trinajstić information content (AvgIpc) is 3.29. The Morgan fingerprint density at radius 2 is 1.85 bits per heavy atom. The van der Waals surface area contributed by atoms with Crippen molar-refractivity contribution >= 4 is 34.4 Å². The number of nitrogens with zero attached hydrogens (tertiary/aromatic N) is 4. The Kier molecular flexibility index (Phi) is 7.42. The average molecular weight is 480 g/mol. The molecule has 1 fully saturated rings. The molecule has 1 atom stereocenters. The summed E-state index contributed by atoms with van der Waals surface area (Å²) in [5.41, 5.74) is 3.53. The van der Waals surface area contributed by atoms with Gasteiger partial charge in [0.15, 0.2) is 0 Å². The van der Waals surface area contributed by atoms with Crippen molar-refractivity contribution in [3.63, 3.8) is 0 Å². The summed E-state index contributed by atoms with van der Waals surface area (Å²) in [6.07, 6.45) is 0.712. The van der Waals surface area contributed by atoms with Crippen LogP contribution in [0.25, 0.3) is 0 Å². The first-order valence-corrected chi connectivity index (χ1v) is 12.2. The van der Waals surface area contributed by atoms with Crippen LogP contribution >= 0.6 is 11.5 Å². The molecule has 3 aromatic rings. The molecule has 1 unspecified atom stereocenters. The van der Waals surface area contributed by atoms with E-state index in [1.165, 1.54) is 22.7 Å². The topological polar surface area (TPSA) is 87.7 Å². The molecule has 9 heteroatoms. The van der Waals surface area contributed by atoms with E-state index in [-0.39, 0.29) is 18.0 Å². The Balaban J connectivity index is 1.31. The number of rotatable bonds is 6. The van der Waals surface area contributed by atoms with E-state index in [0.717, 1.165) is 11.0 Å². The molecule has 0 radical (unpaired) electrons. The minimum atomic E-state index is -0.371. The van der Waals surface area contributed by atoms with Crippen molar-refractivity contribution in [2.75, 3.05) is 36.5 Å². The van der Waals surface area contributed by atoms with E-state index in [1.54, 1.807) is 31.2 Å². The highest BCUT2D eigenvalue weighted by Gasteiger charge is 2.29. The number of anilines is 2. The number of aromatic nitrogens is 2. The van der Waals surface area contributed by atoms with Crippen molar-refractivity contribution in [3.05, 3.63) is 71.0 Å². The first kappa shape index (κ1) is 23.7. The third kappa shape index (κ3) is 5.72. The van der Waals surface area contributed by atoms with E-state index >= 15 is 0 Å². The number of aryl methyl sites for hydroxylation is 1. The third-order valence-corrected chi connectivity index (χ3v) is 6.56.